The van der Waals surface area contributed by atoms with E-state index in [1.54, 1.807) is 0 Å². The van der Waals surface area contributed by atoms with Crippen LogP contribution in [-0.2, 0) is 33.5 Å². The molecule has 0 saturated carbocycles. The molecule has 0 spiro atoms. The number of nitrogens with two attached hydrogens (primary N) is 1. The van der Waals surface area contributed by atoms with Gasteiger partial charge in [-0.25, -0.2) is 9.78 Å². The van der Waals surface area contributed by atoms with Crippen molar-refractivity contribution >= 4 is 63.6 Å². The van der Waals surface area contributed by atoms with Gasteiger partial charge in [-0.05, 0) is 0 Å². The number of thioether (sulfide) groups is 1. The quantitative estimate of drug-likeness (QED) is 0.0780. The fraction of sp³-hybridized carbons (Fsp3) is 0.389. The summed E-state index contributed by atoms with van der Waals surface area (Å²) in [5.74, 6) is -3.73. The number of likely N-dealkylation sites (N-methyl/N-ethyl adjacent to an activating group) is 1. The first-order valence-corrected chi connectivity index (χ1v) is 11.5. The molecule has 0 unspecified atom stereocenters. The average molecular weight is 537 g/mol. The first kappa shape index (κ1) is 28.6. The van der Waals surface area contributed by atoms with E-state index >= 15 is 0 Å². The van der Waals surface area contributed by atoms with E-state index in [-0.39, 0.29) is 71.2 Å². The SMILES string of the molecule is CNC(=O)CO/N=C(\C(=O)N[C@@H]1C(=O)N2C(C(=O)O)=C(COC(C)=O)CS[C@H]12)c1csc(N)n1.[H-].[Na+]. The normalized spacial score (nSPS) is 19.1. The molecular formula is C18H21N6NaO8S2. The van der Waals surface area contributed by atoms with Gasteiger partial charge in [0, 0.05) is 30.7 Å². The molecule has 17 heteroatoms. The van der Waals surface area contributed by atoms with Crippen molar-refractivity contribution in [3.8, 4) is 0 Å². The van der Waals surface area contributed by atoms with Crippen molar-refractivity contribution < 1.29 is 69.6 Å². The number of aliphatic carboxylic acids is 1. The molecular weight excluding hydrogens is 515 g/mol. The summed E-state index contributed by atoms with van der Waals surface area (Å²) in [5, 5.41) is 19.0. The number of aromatic nitrogens is 1. The van der Waals surface area contributed by atoms with Crippen molar-refractivity contribution in [1.29, 1.82) is 0 Å². The molecule has 35 heavy (non-hydrogen) atoms. The van der Waals surface area contributed by atoms with Crippen molar-refractivity contribution in [3.63, 3.8) is 0 Å². The summed E-state index contributed by atoms with van der Waals surface area (Å²) in [6, 6.07) is -1.05. The molecule has 2 aliphatic rings. The fourth-order valence-corrected chi connectivity index (χ4v) is 4.90. The summed E-state index contributed by atoms with van der Waals surface area (Å²) >= 11 is 2.25. The van der Waals surface area contributed by atoms with E-state index in [9.17, 15) is 29.1 Å². The number of nitrogens with zero attached hydrogens (tertiary/aromatic N) is 3. The van der Waals surface area contributed by atoms with Crippen LogP contribution in [0.4, 0.5) is 5.13 Å². The second-order valence-corrected chi connectivity index (χ2v) is 8.85. The van der Waals surface area contributed by atoms with E-state index in [0.717, 1.165) is 16.2 Å². The summed E-state index contributed by atoms with van der Waals surface area (Å²) in [6.07, 6.45) is 0. The van der Waals surface area contributed by atoms with Gasteiger partial charge >= 0.3 is 41.5 Å². The molecule has 1 aromatic rings. The van der Waals surface area contributed by atoms with Crippen molar-refractivity contribution in [1.82, 2.24) is 20.5 Å². The minimum atomic E-state index is -1.35. The topological polar surface area (TPSA) is 203 Å². The van der Waals surface area contributed by atoms with E-state index in [1.165, 1.54) is 31.1 Å². The number of carboxylic acid groups (broad SMARTS) is 1. The number of amides is 3. The van der Waals surface area contributed by atoms with Crippen molar-refractivity contribution in [3.05, 3.63) is 22.3 Å². The van der Waals surface area contributed by atoms with Gasteiger partial charge in [-0.1, -0.05) is 5.16 Å². The largest absolute Gasteiger partial charge is 1.00 e. The number of ether oxygens (including phenoxy) is 1. The van der Waals surface area contributed by atoms with Gasteiger partial charge in [-0.3, -0.25) is 24.1 Å². The van der Waals surface area contributed by atoms with Gasteiger partial charge in [0.2, 0.25) is 0 Å². The summed E-state index contributed by atoms with van der Waals surface area (Å²) in [4.78, 5) is 69.9. The van der Waals surface area contributed by atoms with Crippen LogP contribution in [0.2, 0.25) is 0 Å². The fourth-order valence-electron chi connectivity index (χ4n) is 3.02. The maximum absolute atomic E-state index is 12.9. The van der Waals surface area contributed by atoms with Gasteiger partial charge < -0.3 is 32.5 Å². The number of nitrogen functional groups attached to an aromatic ring is 1. The Balaban J connectivity index is 0.00000324. The van der Waals surface area contributed by atoms with Crippen LogP contribution >= 0.6 is 23.1 Å². The number of β-lactam (4-membered cyclic amide) rings is 1. The molecule has 184 valence electrons. The number of fused-ring (bicyclic) bond motifs is 1. The van der Waals surface area contributed by atoms with Gasteiger partial charge in [-0.2, -0.15) is 0 Å². The molecule has 3 rings (SSSR count). The number of thiazole rings is 1. The summed E-state index contributed by atoms with van der Waals surface area (Å²) in [5.41, 5.74) is 5.37. The third kappa shape index (κ3) is 6.52. The first-order valence-electron chi connectivity index (χ1n) is 9.60. The summed E-state index contributed by atoms with van der Waals surface area (Å²) in [7, 11) is 1.40. The molecule has 2 atom stereocenters. The molecule has 0 radical (unpaired) electrons. The number of nitrogens with one attached hydrogen (secondary N) is 2. The van der Waals surface area contributed by atoms with Crippen molar-refractivity contribution in [2.45, 2.75) is 18.3 Å². The van der Waals surface area contributed by atoms with Gasteiger partial charge in [0.1, 0.15) is 29.4 Å². The molecule has 3 amide bonds. The monoisotopic (exact) mass is 536 g/mol. The van der Waals surface area contributed by atoms with E-state index in [4.69, 9.17) is 15.3 Å². The minimum Gasteiger partial charge on any atom is -1.00 e. The zero-order chi connectivity index (χ0) is 25.0. The number of rotatable bonds is 9. The molecule has 3 heterocycles. The maximum Gasteiger partial charge on any atom is 1.00 e. The van der Waals surface area contributed by atoms with Crippen LogP contribution in [0.3, 0.4) is 0 Å². The Morgan fingerprint density at radius 2 is 2.11 bits per heavy atom. The van der Waals surface area contributed by atoms with Gasteiger partial charge in [0.15, 0.2) is 17.5 Å². The maximum atomic E-state index is 12.9. The second-order valence-electron chi connectivity index (χ2n) is 6.86. The predicted octanol–water partition coefficient (Wildman–Crippen LogP) is -4.39. The Kier molecular flexibility index (Phi) is 10.1. The number of anilines is 1. The predicted molar refractivity (Wildman–Crippen MR) is 121 cm³/mol. The van der Waals surface area contributed by atoms with E-state index < -0.39 is 47.7 Å². The third-order valence-corrected chi connectivity index (χ3v) is 6.61. The van der Waals surface area contributed by atoms with E-state index in [2.05, 4.69) is 20.8 Å². The molecule has 14 nitrogen and oxygen atoms in total. The standard InChI is InChI=1S/C18H20N6O8S2.Na.H/c1-7(25)31-3-8-5-33-16-12(15(28)24(16)13(8)17(29)30)22-14(27)11(9-6-34-18(19)21-9)23-32-4-10(26)20-2;;/h6,12,16H,3-5H2,1-2H3,(H2,19,21)(H,20,26)(H,22,27)(H,29,30);;/q;+1;-1/b23-11-;;/t12-,16-;;/m1../s1. The zero-order valence-corrected chi connectivity index (χ0v) is 22.5. The Morgan fingerprint density at radius 1 is 1.40 bits per heavy atom. The second kappa shape index (κ2) is 12.3. The minimum absolute atomic E-state index is 0. The number of oxime groups is 1. The van der Waals surface area contributed by atoms with Crippen LogP contribution in [0.5, 0.6) is 0 Å². The van der Waals surface area contributed by atoms with Gasteiger partial charge in [0.25, 0.3) is 17.7 Å². The van der Waals surface area contributed by atoms with E-state index in [1.807, 2.05) is 0 Å². The molecule has 0 bridgehead atoms. The van der Waals surface area contributed by atoms with Gasteiger partial charge in [-0.15, -0.1) is 23.1 Å². The number of hydrogen-bond donors (Lipinski definition) is 4. The van der Waals surface area contributed by atoms with Crippen LogP contribution in [0.15, 0.2) is 21.8 Å². The summed E-state index contributed by atoms with van der Waals surface area (Å²) < 4.78 is 4.89. The van der Waals surface area contributed by atoms with Crippen LogP contribution in [-0.4, -0.2) is 87.8 Å². The Hall–Kier alpha value is -2.66. The number of carbonyl (C=O) groups excluding carboxylic acids is 4. The average Bonchev–Trinajstić information content (AvgIpc) is 3.23. The number of carboxylic acids is 1. The first-order chi connectivity index (χ1) is 16.1. The van der Waals surface area contributed by atoms with E-state index in [0.29, 0.717) is 0 Å². The molecule has 0 aromatic carbocycles. The molecule has 0 aliphatic carbocycles. The van der Waals surface area contributed by atoms with Gasteiger partial charge in [0.05, 0.1) is 0 Å². The molecule has 1 aromatic heterocycles. The smallest absolute Gasteiger partial charge is 1.00 e. The molecule has 5 N–H and O–H groups in total. The Labute approximate surface area is 230 Å². The van der Waals surface area contributed by atoms with Crippen molar-refractivity contribution in [2.75, 3.05) is 31.7 Å². The number of esters is 1. The van der Waals surface area contributed by atoms with Crippen LogP contribution < -0.4 is 45.9 Å². The molecule has 1 saturated heterocycles. The van der Waals surface area contributed by atoms with Crippen LogP contribution in [0.25, 0.3) is 0 Å². The van der Waals surface area contributed by atoms with Crippen molar-refractivity contribution in [2.24, 2.45) is 5.16 Å². The van der Waals surface area contributed by atoms with Crippen LogP contribution in [0, 0.1) is 0 Å². The Morgan fingerprint density at radius 3 is 2.69 bits per heavy atom. The molecule has 2 aliphatic heterocycles. The van der Waals surface area contributed by atoms with Crippen LogP contribution in [0.1, 0.15) is 14.0 Å². The number of hydrogen-bond acceptors (Lipinski definition) is 12. The zero-order valence-electron chi connectivity index (χ0n) is 19.9. The molecule has 1 fully saturated rings. The number of carbonyl (C=O) groups is 5. The summed E-state index contributed by atoms with van der Waals surface area (Å²) in [6.45, 7) is 0.467. The third-order valence-electron chi connectivity index (χ3n) is 4.60. The Bertz CT molecular complexity index is 1110.